The lowest BCUT2D eigenvalue weighted by atomic mass is 10.1. The van der Waals surface area contributed by atoms with Gasteiger partial charge in [0.25, 0.3) is 5.91 Å². The van der Waals surface area contributed by atoms with E-state index in [2.05, 4.69) is 15.2 Å². The zero-order chi connectivity index (χ0) is 19.2. The third kappa shape index (κ3) is 3.88. The predicted octanol–water partition coefficient (Wildman–Crippen LogP) is 2.57. The number of rotatable bonds is 6. The van der Waals surface area contributed by atoms with E-state index in [0.29, 0.717) is 18.8 Å². The number of aromatic nitrogens is 1. The third-order valence-corrected chi connectivity index (χ3v) is 6.05. The lowest BCUT2D eigenvalue weighted by Crippen LogP contribution is -2.35. The molecule has 1 saturated carbocycles. The molecule has 27 heavy (non-hydrogen) atoms. The minimum absolute atomic E-state index is 0.00986. The fraction of sp³-hybridized carbons (Fsp3) is 0.450. The molecule has 0 unspecified atom stereocenters. The van der Waals surface area contributed by atoms with Crippen molar-refractivity contribution in [1.82, 2.24) is 9.88 Å². The Morgan fingerprint density at radius 2 is 2.04 bits per heavy atom. The summed E-state index contributed by atoms with van der Waals surface area (Å²) in [6, 6.07) is 7.82. The van der Waals surface area contributed by atoms with Gasteiger partial charge >= 0.3 is 0 Å². The van der Waals surface area contributed by atoms with Gasteiger partial charge in [0.1, 0.15) is 5.69 Å². The molecule has 0 saturated heterocycles. The van der Waals surface area contributed by atoms with Gasteiger partial charge in [-0.2, -0.15) is 0 Å². The van der Waals surface area contributed by atoms with Gasteiger partial charge in [-0.05, 0) is 55.0 Å². The van der Waals surface area contributed by atoms with E-state index in [9.17, 15) is 13.2 Å². The Balaban J connectivity index is 1.80. The Kier molecular flexibility index (Phi) is 4.50. The van der Waals surface area contributed by atoms with Crippen LogP contribution in [0.3, 0.4) is 0 Å². The molecule has 0 radical (unpaired) electrons. The van der Waals surface area contributed by atoms with Crippen LogP contribution in [0.2, 0.25) is 0 Å². The van der Waals surface area contributed by atoms with Crippen LogP contribution in [0.15, 0.2) is 24.3 Å². The molecule has 1 aromatic carbocycles. The topological polar surface area (TPSA) is 80.2 Å². The van der Waals surface area contributed by atoms with Crippen LogP contribution in [-0.4, -0.2) is 38.2 Å². The number of amides is 1. The van der Waals surface area contributed by atoms with E-state index in [-0.39, 0.29) is 11.7 Å². The fourth-order valence-electron chi connectivity index (χ4n) is 3.73. The molecule has 1 amide bonds. The van der Waals surface area contributed by atoms with Crippen molar-refractivity contribution >= 4 is 21.4 Å². The summed E-state index contributed by atoms with van der Waals surface area (Å²) in [6.45, 7) is 4.17. The van der Waals surface area contributed by atoms with Gasteiger partial charge in [0.05, 0.1) is 11.4 Å². The summed E-state index contributed by atoms with van der Waals surface area (Å²) in [4.78, 5) is 12.3. The summed E-state index contributed by atoms with van der Waals surface area (Å²) in [6.07, 6.45) is 3.77. The minimum Gasteiger partial charge on any atom is -0.384 e. The highest BCUT2D eigenvalue weighted by Crippen LogP contribution is 2.35. The highest BCUT2D eigenvalue weighted by molar-refractivity contribution is 7.89. The van der Waals surface area contributed by atoms with Gasteiger partial charge in [0.2, 0.25) is 0 Å². The molecule has 2 aliphatic rings. The number of aryl methyl sites for hydroxylation is 1. The molecule has 1 fully saturated rings. The molecule has 0 atom stereocenters. The molecule has 6 nitrogen and oxygen atoms in total. The van der Waals surface area contributed by atoms with E-state index < -0.39 is 9.84 Å². The zero-order valence-corrected chi connectivity index (χ0v) is 16.5. The number of fused-ring (bicyclic) bond motifs is 1. The summed E-state index contributed by atoms with van der Waals surface area (Å²) in [5.41, 5.74) is 5.30. The number of nitrogens with zero attached hydrogens (tertiary/aromatic N) is 1. The number of hydrogen-bond acceptors (Lipinski definition) is 4. The van der Waals surface area contributed by atoms with Crippen LogP contribution in [0.1, 0.15) is 34.5 Å². The molecule has 7 heteroatoms. The fourth-order valence-corrected chi connectivity index (χ4v) is 4.52. The lowest BCUT2D eigenvalue weighted by molar-refractivity contribution is 0.0927. The Morgan fingerprint density at radius 3 is 2.74 bits per heavy atom. The molecule has 1 aromatic heterocycles. The monoisotopic (exact) mass is 387 g/mol. The first-order valence-corrected chi connectivity index (χ1v) is 11.4. The summed E-state index contributed by atoms with van der Waals surface area (Å²) in [5.74, 6) is 0.683. The molecule has 2 heterocycles. The van der Waals surface area contributed by atoms with Crippen LogP contribution >= 0.6 is 0 Å². The van der Waals surface area contributed by atoms with Crippen molar-refractivity contribution in [3.05, 3.63) is 41.1 Å². The molecule has 144 valence electrons. The molecule has 1 aliphatic heterocycles. The van der Waals surface area contributed by atoms with Crippen LogP contribution < -0.4 is 10.6 Å². The maximum absolute atomic E-state index is 12.3. The number of nitrogens with one attached hydrogen (secondary N) is 2. The van der Waals surface area contributed by atoms with E-state index >= 15 is 0 Å². The van der Waals surface area contributed by atoms with E-state index in [1.54, 1.807) is 0 Å². The van der Waals surface area contributed by atoms with Crippen molar-refractivity contribution in [3.8, 4) is 11.3 Å². The standard InChI is InChI=1S/C20H25N3O3S/c1-13-9-18(23-8-7-21-20(24)19(13)23)16-10-15(12-27(2,25)26)5-6-17(16)22-11-14-3-4-14/h5-6,9-10,14,22H,3-4,7-8,11-12H2,1-2H3,(H,21,24). The average Bonchev–Trinajstić information content (AvgIpc) is 3.35. The summed E-state index contributed by atoms with van der Waals surface area (Å²) in [7, 11) is -3.12. The normalized spacial score (nSPS) is 16.7. The van der Waals surface area contributed by atoms with Crippen LogP contribution in [0.4, 0.5) is 5.69 Å². The van der Waals surface area contributed by atoms with Crippen molar-refractivity contribution in [2.75, 3.05) is 24.7 Å². The van der Waals surface area contributed by atoms with Crippen molar-refractivity contribution in [2.24, 2.45) is 5.92 Å². The number of anilines is 1. The van der Waals surface area contributed by atoms with Crippen LogP contribution in [0.5, 0.6) is 0 Å². The van der Waals surface area contributed by atoms with Gasteiger partial charge < -0.3 is 15.2 Å². The maximum Gasteiger partial charge on any atom is 0.268 e. The van der Waals surface area contributed by atoms with Crippen molar-refractivity contribution in [3.63, 3.8) is 0 Å². The Bertz CT molecular complexity index is 1000. The maximum atomic E-state index is 12.3. The summed E-state index contributed by atoms with van der Waals surface area (Å²) >= 11 is 0. The van der Waals surface area contributed by atoms with E-state index in [4.69, 9.17) is 0 Å². The van der Waals surface area contributed by atoms with Gasteiger partial charge in [0, 0.05) is 37.1 Å². The Hall–Kier alpha value is -2.28. The smallest absolute Gasteiger partial charge is 0.268 e. The van der Waals surface area contributed by atoms with E-state index in [0.717, 1.165) is 40.5 Å². The first kappa shape index (κ1) is 18.1. The number of sulfone groups is 1. The van der Waals surface area contributed by atoms with Gasteiger partial charge in [-0.3, -0.25) is 4.79 Å². The second-order valence-corrected chi connectivity index (χ2v) is 9.88. The first-order chi connectivity index (χ1) is 12.8. The molecule has 1 aliphatic carbocycles. The van der Waals surface area contributed by atoms with Gasteiger partial charge in [-0.1, -0.05) is 6.07 Å². The molecular weight excluding hydrogens is 362 g/mol. The molecule has 0 bridgehead atoms. The summed E-state index contributed by atoms with van der Waals surface area (Å²) in [5, 5.41) is 6.42. The Labute approximate surface area is 159 Å². The van der Waals surface area contributed by atoms with Gasteiger partial charge in [0.15, 0.2) is 9.84 Å². The van der Waals surface area contributed by atoms with Crippen molar-refractivity contribution < 1.29 is 13.2 Å². The number of carbonyl (C=O) groups is 1. The Morgan fingerprint density at radius 1 is 1.26 bits per heavy atom. The van der Waals surface area contributed by atoms with Gasteiger partial charge in [-0.25, -0.2) is 8.42 Å². The van der Waals surface area contributed by atoms with Gasteiger partial charge in [-0.15, -0.1) is 0 Å². The van der Waals surface area contributed by atoms with Crippen LogP contribution in [-0.2, 0) is 22.1 Å². The number of carbonyl (C=O) groups excluding carboxylic acids is 1. The highest BCUT2D eigenvalue weighted by Gasteiger charge is 2.25. The van der Waals surface area contributed by atoms with Crippen molar-refractivity contribution in [1.29, 1.82) is 0 Å². The first-order valence-electron chi connectivity index (χ1n) is 9.35. The third-order valence-electron chi connectivity index (χ3n) is 5.19. The van der Waals surface area contributed by atoms with Crippen LogP contribution in [0, 0.1) is 12.8 Å². The predicted molar refractivity (Wildman–Crippen MR) is 107 cm³/mol. The van der Waals surface area contributed by atoms with E-state index in [1.807, 2.05) is 31.2 Å². The van der Waals surface area contributed by atoms with E-state index in [1.165, 1.54) is 19.1 Å². The lowest BCUT2D eigenvalue weighted by Gasteiger charge is -2.21. The molecule has 2 aromatic rings. The largest absolute Gasteiger partial charge is 0.384 e. The average molecular weight is 388 g/mol. The summed E-state index contributed by atoms with van der Waals surface area (Å²) < 4.78 is 25.6. The number of hydrogen-bond donors (Lipinski definition) is 2. The SMILES string of the molecule is Cc1cc(-c2cc(CS(C)(=O)=O)ccc2NCC2CC2)n2c1C(=O)NCC2. The van der Waals surface area contributed by atoms with Crippen LogP contribution in [0.25, 0.3) is 11.3 Å². The minimum atomic E-state index is -3.12. The zero-order valence-electron chi connectivity index (χ0n) is 15.7. The highest BCUT2D eigenvalue weighted by atomic mass is 32.2. The molecule has 2 N–H and O–H groups in total. The van der Waals surface area contributed by atoms with Crippen molar-refractivity contribution in [2.45, 2.75) is 32.1 Å². The second-order valence-electron chi connectivity index (χ2n) is 7.74. The molecular formula is C20H25N3O3S. The quantitative estimate of drug-likeness (QED) is 0.798. The second kappa shape index (κ2) is 6.71. The molecule has 0 spiro atoms. The number of benzene rings is 1. The molecule has 4 rings (SSSR count).